The van der Waals surface area contributed by atoms with Gasteiger partial charge in [0.15, 0.2) is 0 Å². The molecule has 3 N–H and O–H groups in total. The number of nitrogens with two attached hydrogens (primary N) is 1. The summed E-state index contributed by atoms with van der Waals surface area (Å²) in [6.45, 7) is 4.51. The maximum atomic E-state index is 11.9. The number of carbonyl (C=O) groups excluding carboxylic acids is 3. The van der Waals surface area contributed by atoms with Gasteiger partial charge < -0.3 is 20.5 Å². The zero-order chi connectivity index (χ0) is 15.1. The molecule has 1 fully saturated rings. The maximum absolute atomic E-state index is 11.9. The average Bonchev–Trinajstić information content (AvgIpc) is 2.91. The van der Waals surface area contributed by atoms with Crippen molar-refractivity contribution >= 4 is 17.8 Å². The van der Waals surface area contributed by atoms with Gasteiger partial charge in [-0.15, -0.1) is 0 Å². The van der Waals surface area contributed by atoms with Gasteiger partial charge in [-0.2, -0.15) is 0 Å². The molecule has 1 aliphatic heterocycles. The summed E-state index contributed by atoms with van der Waals surface area (Å²) in [4.78, 5) is 34.8. The lowest BCUT2D eigenvalue weighted by Gasteiger charge is -2.20. The average molecular weight is 286 g/mol. The van der Waals surface area contributed by atoms with E-state index < -0.39 is 23.8 Å². The van der Waals surface area contributed by atoms with Crippen LogP contribution in [0.4, 0.5) is 0 Å². The minimum Gasteiger partial charge on any atom is -0.466 e. The van der Waals surface area contributed by atoms with E-state index in [2.05, 4.69) is 5.32 Å². The molecular formula is C13H22N2O5. The van der Waals surface area contributed by atoms with Crippen molar-refractivity contribution in [3.05, 3.63) is 0 Å². The van der Waals surface area contributed by atoms with Crippen LogP contribution in [0.2, 0.25) is 0 Å². The van der Waals surface area contributed by atoms with Crippen LogP contribution in [0, 0.1) is 11.8 Å². The van der Waals surface area contributed by atoms with E-state index in [4.69, 9.17) is 15.2 Å². The minimum atomic E-state index is -0.873. The molecule has 7 heteroatoms. The van der Waals surface area contributed by atoms with Crippen molar-refractivity contribution in [2.24, 2.45) is 17.6 Å². The van der Waals surface area contributed by atoms with E-state index in [-0.39, 0.29) is 24.9 Å². The van der Waals surface area contributed by atoms with Crippen LogP contribution < -0.4 is 11.1 Å². The first kappa shape index (κ1) is 16.4. The molecule has 2 amide bonds. The first-order chi connectivity index (χ1) is 9.45. The van der Waals surface area contributed by atoms with Gasteiger partial charge >= 0.3 is 5.97 Å². The van der Waals surface area contributed by atoms with Gasteiger partial charge in [-0.25, -0.2) is 0 Å². The number of nitrogens with one attached hydrogen (secondary N) is 1. The van der Waals surface area contributed by atoms with Crippen molar-refractivity contribution in [3.63, 3.8) is 0 Å². The molecule has 7 nitrogen and oxygen atoms in total. The number of carbonyl (C=O) groups is 3. The lowest BCUT2D eigenvalue weighted by Crippen LogP contribution is -2.48. The lowest BCUT2D eigenvalue weighted by molar-refractivity contribution is -0.148. The Bertz CT molecular complexity index is 366. The Hall–Kier alpha value is -1.63. The predicted octanol–water partition coefficient (Wildman–Crippen LogP) is -0.418. The molecule has 0 aromatic rings. The van der Waals surface area contributed by atoms with Crippen molar-refractivity contribution in [1.29, 1.82) is 0 Å². The maximum Gasteiger partial charge on any atom is 0.308 e. The van der Waals surface area contributed by atoms with Crippen LogP contribution in [-0.4, -0.2) is 43.6 Å². The second-order valence-electron chi connectivity index (χ2n) is 4.91. The van der Waals surface area contributed by atoms with Crippen LogP contribution in [0.1, 0.15) is 26.7 Å². The fourth-order valence-electron chi connectivity index (χ4n) is 2.01. The van der Waals surface area contributed by atoms with E-state index in [1.54, 1.807) is 13.8 Å². The SMILES string of the molecule is CCOC(=O)[C@H](C)C[C@@H](NC(=O)[C@@H]1CCOC1)C(N)=O. The number of esters is 1. The molecule has 3 atom stereocenters. The van der Waals surface area contributed by atoms with Crippen LogP contribution >= 0.6 is 0 Å². The van der Waals surface area contributed by atoms with Gasteiger partial charge in [-0.1, -0.05) is 6.92 Å². The molecule has 0 radical (unpaired) electrons. The van der Waals surface area contributed by atoms with Crippen LogP contribution in [0.3, 0.4) is 0 Å². The molecular weight excluding hydrogens is 264 g/mol. The zero-order valence-electron chi connectivity index (χ0n) is 11.9. The Morgan fingerprint density at radius 2 is 2.15 bits per heavy atom. The Labute approximate surface area is 118 Å². The molecule has 0 unspecified atom stereocenters. The largest absolute Gasteiger partial charge is 0.466 e. The van der Waals surface area contributed by atoms with Crippen molar-refractivity contribution in [2.45, 2.75) is 32.7 Å². The number of ether oxygens (including phenoxy) is 2. The molecule has 0 aliphatic carbocycles. The third kappa shape index (κ3) is 4.80. The van der Waals surface area contributed by atoms with E-state index in [0.717, 1.165) is 0 Å². The van der Waals surface area contributed by atoms with Crippen LogP contribution in [0.25, 0.3) is 0 Å². The van der Waals surface area contributed by atoms with Gasteiger partial charge in [-0.05, 0) is 19.8 Å². The normalized spacial score (nSPS) is 21.0. The molecule has 20 heavy (non-hydrogen) atoms. The molecule has 1 aliphatic rings. The lowest BCUT2D eigenvalue weighted by atomic mass is 10.00. The highest BCUT2D eigenvalue weighted by molar-refractivity contribution is 5.88. The minimum absolute atomic E-state index is 0.132. The van der Waals surface area contributed by atoms with Gasteiger partial charge in [0.1, 0.15) is 6.04 Å². The van der Waals surface area contributed by atoms with Gasteiger partial charge in [0.25, 0.3) is 0 Å². The highest BCUT2D eigenvalue weighted by Crippen LogP contribution is 2.14. The zero-order valence-corrected chi connectivity index (χ0v) is 11.9. The molecule has 0 aromatic heterocycles. The van der Waals surface area contributed by atoms with Crippen molar-refractivity contribution in [1.82, 2.24) is 5.32 Å². The van der Waals surface area contributed by atoms with Crippen molar-refractivity contribution in [2.75, 3.05) is 19.8 Å². The summed E-state index contributed by atoms with van der Waals surface area (Å²) in [5, 5.41) is 2.59. The van der Waals surface area contributed by atoms with Gasteiger partial charge in [0, 0.05) is 6.61 Å². The first-order valence-electron chi connectivity index (χ1n) is 6.79. The third-order valence-electron chi connectivity index (χ3n) is 3.24. The van der Waals surface area contributed by atoms with E-state index in [9.17, 15) is 14.4 Å². The predicted molar refractivity (Wildman–Crippen MR) is 70.5 cm³/mol. The number of hydrogen-bond donors (Lipinski definition) is 2. The molecule has 0 aromatic carbocycles. The third-order valence-corrected chi connectivity index (χ3v) is 3.24. The monoisotopic (exact) mass is 286 g/mol. The van der Waals surface area contributed by atoms with Crippen LogP contribution in [-0.2, 0) is 23.9 Å². The second-order valence-corrected chi connectivity index (χ2v) is 4.91. The molecule has 1 saturated heterocycles. The van der Waals surface area contributed by atoms with E-state index in [0.29, 0.717) is 19.6 Å². The topological polar surface area (TPSA) is 108 Å². The molecule has 0 spiro atoms. The van der Waals surface area contributed by atoms with E-state index in [1.165, 1.54) is 0 Å². The van der Waals surface area contributed by atoms with Gasteiger partial charge in [0.2, 0.25) is 11.8 Å². The number of amides is 2. The molecule has 0 bridgehead atoms. The summed E-state index contributed by atoms with van der Waals surface area (Å²) in [7, 11) is 0. The van der Waals surface area contributed by atoms with E-state index >= 15 is 0 Å². The number of primary amides is 1. The van der Waals surface area contributed by atoms with Crippen molar-refractivity contribution in [3.8, 4) is 0 Å². The molecule has 1 rings (SSSR count). The molecule has 1 heterocycles. The second kappa shape index (κ2) is 7.84. The fraction of sp³-hybridized carbons (Fsp3) is 0.769. The summed E-state index contributed by atoms with van der Waals surface area (Å²) >= 11 is 0. The van der Waals surface area contributed by atoms with E-state index in [1.807, 2.05) is 0 Å². The molecule has 114 valence electrons. The molecule has 0 saturated carbocycles. The van der Waals surface area contributed by atoms with Crippen LogP contribution in [0.5, 0.6) is 0 Å². The Balaban J connectivity index is 2.53. The summed E-state index contributed by atoms with van der Waals surface area (Å²) in [5.41, 5.74) is 5.27. The number of rotatable bonds is 7. The first-order valence-corrected chi connectivity index (χ1v) is 6.79. The quantitative estimate of drug-likeness (QED) is 0.618. The summed E-state index contributed by atoms with van der Waals surface area (Å²) in [5.74, 6) is -2.09. The van der Waals surface area contributed by atoms with Crippen molar-refractivity contribution < 1.29 is 23.9 Å². The fourth-order valence-corrected chi connectivity index (χ4v) is 2.01. The Morgan fingerprint density at radius 1 is 1.45 bits per heavy atom. The number of hydrogen-bond acceptors (Lipinski definition) is 5. The van der Waals surface area contributed by atoms with Gasteiger partial charge in [0.05, 0.1) is 25.0 Å². The smallest absolute Gasteiger partial charge is 0.308 e. The van der Waals surface area contributed by atoms with Gasteiger partial charge in [-0.3, -0.25) is 14.4 Å². The summed E-state index contributed by atoms with van der Waals surface area (Å²) < 4.78 is 9.99. The highest BCUT2D eigenvalue weighted by atomic mass is 16.5. The summed E-state index contributed by atoms with van der Waals surface area (Å²) in [6.07, 6.45) is 0.762. The summed E-state index contributed by atoms with van der Waals surface area (Å²) in [6, 6.07) is -0.873. The highest BCUT2D eigenvalue weighted by Gasteiger charge is 2.29. The Kier molecular flexibility index (Phi) is 6.44. The Morgan fingerprint density at radius 3 is 2.65 bits per heavy atom. The van der Waals surface area contributed by atoms with Crippen LogP contribution in [0.15, 0.2) is 0 Å². The standard InChI is InChI=1S/C13H22N2O5/c1-3-20-13(18)8(2)6-10(11(14)16)15-12(17)9-4-5-19-7-9/h8-10H,3-7H2,1-2H3,(H2,14,16)(H,15,17)/t8-,9-,10-/m1/s1.